The molecule has 1 heterocycles. The Bertz CT molecular complexity index is 582. The monoisotopic (exact) mass is 394 g/mol. The molecule has 21 heavy (non-hydrogen) atoms. The maximum Gasteiger partial charge on any atom is 0.242 e. The second-order valence-corrected chi connectivity index (χ2v) is 9.94. The zero-order chi connectivity index (χ0) is 15.6. The van der Waals surface area contributed by atoms with Crippen LogP contribution in [0.4, 0.5) is 0 Å². The van der Waals surface area contributed by atoms with E-state index in [0.29, 0.717) is 20.6 Å². The van der Waals surface area contributed by atoms with Crippen LogP contribution in [-0.2, 0) is 16.6 Å². The normalized spacial score (nSPS) is 18.7. The Kier molecular flexibility index (Phi) is 5.87. The summed E-state index contributed by atoms with van der Waals surface area (Å²) < 4.78 is 28.4. The van der Waals surface area contributed by atoms with Crippen LogP contribution in [0, 0.1) is 5.92 Å². The number of thiophene rings is 1. The maximum absolute atomic E-state index is 12.5. The summed E-state index contributed by atoms with van der Waals surface area (Å²) in [5, 5.41) is 3.41. The molecular weight excluding hydrogens is 372 g/mol. The van der Waals surface area contributed by atoms with Crippen molar-refractivity contribution in [1.82, 2.24) is 10.0 Å². The van der Waals surface area contributed by atoms with Crippen LogP contribution in [0.5, 0.6) is 0 Å². The summed E-state index contributed by atoms with van der Waals surface area (Å²) in [5.74, 6) is 0.313. The molecule has 2 rings (SSSR count). The van der Waals surface area contributed by atoms with Gasteiger partial charge < -0.3 is 5.32 Å². The Morgan fingerprint density at radius 2 is 2.10 bits per heavy atom. The Hall–Kier alpha value is 0.0500. The number of sulfonamides is 1. The molecule has 0 aromatic carbocycles. The van der Waals surface area contributed by atoms with Crippen LogP contribution in [0.25, 0.3) is 0 Å². The third-order valence-corrected chi connectivity index (χ3v) is 7.79. The van der Waals surface area contributed by atoms with Crippen LogP contribution in [-0.4, -0.2) is 20.5 Å². The number of nitrogens with one attached hydrogen (secondary N) is 2. The van der Waals surface area contributed by atoms with Crippen molar-refractivity contribution in [2.45, 2.75) is 63.6 Å². The molecule has 0 aliphatic heterocycles. The van der Waals surface area contributed by atoms with Crippen molar-refractivity contribution in [3.63, 3.8) is 0 Å². The molecule has 0 saturated heterocycles. The van der Waals surface area contributed by atoms with Crippen molar-refractivity contribution >= 4 is 37.3 Å². The molecule has 4 nitrogen and oxygen atoms in total. The second-order valence-electron chi connectivity index (χ2n) is 5.80. The van der Waals surface area contributed by atoms with Gasteiger partial charge in [0.1, 0.15) is 4.90 Å². The fourth-order valence-electron chi connectivity index (χ4n) is 1.98. The van der Waals surface area contributed by atoms with Crippen molar-refractivity contribution in [1.29, 1.82) is 0 Å². The van der Waals surface area contributed by atoms with E-state index in [4.69, 9.17) is 0 Å². The van der Waals surface area contributed by atoms with Crippen molar-refractivity contribution in [2.75, 3.05) is 0 Å². The van der Waals surface area contributed by atoms with E-state index < -0.39 is 10.0 Å². The van der Waals surface area contributed by atoms with E-state index in [1.54, 1.807) is 6.07 Å². The van der Waals surface area contributed by atoms with Crippen LogP contribution < -0.4 is 10.0 Å². The quantitative estimate of drug-likeness (QED) is 0.709. The average molecular weight is 395 g/mol. The fraction of sp³-hybridized carbons (Fsp3) is 0.714. The van der Waals surface area contributed by atoms with Gasteiger partial charge in [-0.1, -0.05) is 20.3 Å². The first-order valence-corrected chi connectivity index (χ1v) is 10.5. The zero-order valence-corrected chi connectivity index (χ0v) is 15.9. The topological polar surface area (TPSA) is 58.2 Å². The third kappa shape index (κ3) is 4.76. The molecule has 120 valence electrons. The molecule has 1 aromatic rings. The van der Waals surface area contributed by atoms with E-state index >= 15 is 0 Å². The molecule has 1 aromatic heterocycles. The smallest absolute Gasteiger partial charge is 0.242 e. The van der Waals surface area contributed by atoms with E-state index in [-0.39, 0.29) is 6.04 Å². The van der Waals surface area contributed by atoms with Gasteiger partial charge in [0.2, 0.25) is 10.0 Å². The van der Waals surface area contributed by atoms with Gasteiger partial charge in [0.05, 0.1) is 3.79 Å². The summed E-state index contributed by atoms with van der Waals surface area (Å²) in [6.07, 6.45) is 3.41. The van der Waals surface area contributed by atoms with Gasteiger partial charge in [-0.3, -0.25) is 0 Å². The van der Waals surface area contributed by atoms with Gasteiger partial charge in [0.15, 0.2) is 0 Å². The van der Waals surface area contributed by atoms with Crippen LogP contribution in [0.3, 0.4) is 0 Å². The number of halogens is 1. The predicted octanol–water partition coefficient (Wildman–Crippen LogP) is 3.48. The van der Waals surface area contributed by atoms with Crippen molar-refractivity contribution in [3.8, 4) is 0 Å². The molecule has 0 spiro atoms. The lowest BCUT2D eigenvalue weighted by molar-refractivity contribution is 0.434. The molecule has 0 radical (unpaired) electrons. The van der Waals surface area contributed by atoms with E-state index in [9.17, 15) is 8.42 Å². The molecule has 1 saturated carbocycles. The molecule has 7 heteroatoms. The Labute approximate surface area is 139 Å². The molecule has 2 N–H and O–H groups in total. The summed E-state index contributed by atoms with van der Waals surface area (Å²) in [7, 11) is -3.46. The molecule has 1 aliphatic carbocycles. The lowest BCUT2D eigenvalue weighted by atomic mass is 10.0. The van der Waals surface area contributed by atoms with Crippen LogP contribution >= 0.6 is 27.3 Å². The highest BCUT2D eigenvalue weighted by Crippen LogP contribution is 2.32. The van der Waals surface area contributed by atoms with Crippen LogP contribution in [0.15, 0.2) is 14.7 Å². The lowest BCUT2D eigenvalue weighted by Gasteiger charge is -2.19. The average Bonchev–Trinajstić information content (AvgIpc) is 3.17. The lowest BCUT2D eigenvalue weighted by Crippen LogP contribution is -2.36. The molecule has 0 amide bonds. The summed E-state index contributed by atoms with van der Waals surface area (Å²) in [5.41, 5.74) is 0. The van der Waals surface area contributed by atoms with E-state index in [0.717, 1.165) is 17.8 Å². The summed E-state index contributed by atoms with van der Waals surface area (Å²) in [6, 6.07) is 2.32. The summed E-state index contributed by atoms with van der Waals surface area (Å²) in [4.78, 5) is 1.40. The highest BCUT2D eigenvalue weighted by molar-refractivity contribution is 9.11. The first-order chi connectivity index (χ1) is 9.83. The van der Waals surface area contributed by atoms with E-state index in [1.807, 2.05) is 6.92 Å². The standard InChI is InChI=1S/C14H23BrN2O2S2/c1-4-9(2)10(3)17-21(18,19)13-7-12(20-14(13)15)8-16-11-5-6-11/h7,9-11,16-17H,4-6,8H2,1-3H3. The maximum atomic E-state index is 12.5. The molecule has 2 atom stereocenters. The first kappa shape index (κ1) is 17.4. The summed E-state index contributed by atoms with van der Waals surface area (Å²) >= 11 is 4.88. The van der Waals surface area contributed by atoms with E-state index in [1.165, 1.54) is 24.2 Å². The van der Waals surface area contributed by atoms with Gasteiger partial charge >= 0.3 is 0 Å². The number of hydrogen-bond acceptors (Lipinski definition) is 4. The Morgan fingerprint density at radius 3 is 2.67 bits per heavy atom. The SMILES string of the molecule is CCC(C)C(C)NS(=O)(=O)c1cc(CNC2CC2)sc1Br. The Morgan fingerprint density at radius 1 is 1.43 bits per heavy atom. The van der Waals surface area contributed by atoms with Crippen LogP contribution in [0.1, 0.15) is 44.9 Å². The highest BCUT2D eigenvalue weighted by atomic mass is 79.9. The summed E-state index contributed by atoms with van der Waals surface area (Å²) in [6.45, 7) is 6.78. The van der Waals surface area contributed by atoms with Gasteiger partial charge in [-0.25, -0.2) is 13.1 Å². The predicted molar refractivity (Wildman–Crippen MR) is 91.1 cm³/mol. The molecule has 1 aliphatic rings. The number of rotatable bonds is 8. The minimum atomic E-state index is -3.46. The molecule has 0 bridgehead atoms. The molecule has 1 fully saturated rings. The second kappa shape index (κ2) is 7.08. The zero-order valence-electron chi connectivity index (χ0n) is 12.6. The van der Waals surface area contributed by atoms with Gasteiger partial charge in [0, 0.05) is 23.5 Å². The Balaban J connectivity index is 2.07. The van der Waals surface area contributed by atoms with Crippen molar-refractivity contribution < 1.29 is 8.42 Å². The van der Waals surface area contributed by atoms with Crippen molar-refractivity contribution in [2.24, 2.45) is 5.92 Å². The third-order valence-electron chi connectivity index (χ3n) is 3.98. The van der Waals surface area contributed by atoms with Gasteiger partial charge in [0.25, 0.3) is 0 Å². The largest absolute Gasteiger partial charge is 0.309 e. The molecular formula is C14H23BrN2O2S2. The van der Waals surface area contributed by atoms with E-state index in [2.05, 4.69) is 39.8 Å². The highest BCUT2D eigenvalue weighted by Gasteiger charge is 2.25. The van der Waals surface area contributed by atoms with Gasteiger partial charge in [-0.05, 0) is 47.7 Å². The van der Waals surface area contributed by atoms with Gasteiger partial charge in [-0.2, -0.15) is 0 Å². The minimum Gasteiger partial charge on any atom is -0.309 e. The molecule has 2 unspecified atom stereocenters. The first-order valence-electron chi connectivity index (χ1n) is 7.37. The van der Waals surface area contributed by atoms with Gasteiger partial charge in [-0.15, -0.1) is 11.3 Å². The van der Waals surface area contributed by atoms with Crippen molar-refractivity contribution in [3.05, 3.63) is 14.7 Å². The fourth-order valence-corrected chi connectivity index (χ4v) is 5.96. The van der Waals surface area contributed by atoms with Crippen LogP contribution in [0.2, 0.25) is 0 Å². The minimum absolute atomic E-state index is 0.0696. The number of hydrogen-bond donors (Lipinski definition) is 2.